The van der Waals surface area contributed by atoms with E-state index in [-0.39, 0.29) is 0 Å². The van der Waals surface area contributed by atoms with Gasteiger partial charge in [0.1, 0.15) is 0 Å². The van der Waals surface area contributed by atoms with Crippen LogP contribution in [-0.4, -0.2) is 15.5 Å². The topological polar surface area (TPSA) is 17.8 Å². The monoisotopic (exact) mass is 204 g/mol. The lowest BCUT2D eigenvalue weighted by Gasteiger charge is -2.09. The van der Waals surface area contributed by atoms with Crippen molar-refractivity contribution in [2.24, 2.45) is 5.92 Å². The summed E-state index contributed by atoms with van der Waals surface area (Å²) in [5.74, 6) is 1.40. The largest absolute Gasteiger partial charge is 0.268 e. The third kappa shape index (κ3) is 2.17. The number of hydrogen-bond donors (Lipinski definition) is 1. The molecular formula is C8H13ClN2S. The number of rotatable bonds is 3. The van der Waals surface area contributed by atoms with Crippen molar-refractivity contribution in [3.05, 3.63) is 16.9 Å². The molecule has 0 fully saturated rings. The van der Waals surface area contributed by atoms with Crippen LogP contribution in [0.5, 0.6) is 0 Å². The summed E-state index contributed by atoms with van der Waals surface area (Å²) in [6.45, 7) is 5.00. The lowest BCUT2D eigenvalue weighted by molar-refractivity contribution is 0.481. The van der Waals surface area contributed by atoms with Gasteiger partial charge in [-0.25, -0.2) is 0 Å². The Hall–Kier alpha value is -0.150. The molecule has 0 saturated heterocycles. The van der Waals surface area contributed by atoms with Crippen molar-refractivity contribution in [3.63, 3.8) is 0 Å². The summed E-state index contributed by atoms with van der Waals surface area (Å²) in [7, 11) is 0. The molecule has 0 radical (unpaired) electrons. The lowest BCUT2D eigenvalue weighted by atomic mass is 10.2. The molecule has 1 rings (SSSR count). The van der Waals surface area contributed by atoms with Crippen molar-refractivity contribution in [1.29, 1.82) is 0 Å². The number of halogens is 1. The average molecular weight is 205 g/mol. The molecule has 0 saturated carbocycles. The van der Waals surface area contributed by atoms with Crippen LogP contribution in [0.1, 0.15) is 12.6 Å². The molecule has 1 aromatic heterocycles. The molecule has 1 heterocycles. The standard InChI is InChI=1S/C8H13ClN2S/c1-6(5-12)4-11-7(2)8(9)3-10-11/h3,6,12H,4-5H2,1-2H3. The van der Waals surface area contributed by atoms with Crippen molar-refractivity contribution >= 4 is 24.2 Å². The van der Waals surface area contributed by atoms with E-state index >= 15 is 0 Å². The lowest BCUT2D eigenvalue weighted by Crippen LogP contribution is -2.11. The van der Waals surface area contributed by atoms with Crippen LogP contribution in [0, 0.1) is 12.8 Å². The molecule has 2 nitrogen and oxygen atoms in total. The molecule has 0 aliphatic carbocycles. The quantitative estimate of drug-likeness (QED) is 0.749. The van der Waals surface area contributed by atoms with Crippen LogP contribution in [0.4, 0.5) is 0 Å². The Kier molecular flexibility index (Phi) is 3.47. The normalized spacial score (nSPS) is 13.3. The van der Waals surface area contributed by atoms with E-state index in [2.05, 4.69) is 24.7 Å². The van der Waals surface area contributed by atoms with Gasteiger partial charge >= 0.3 is 0 Å². The van der Waals surface area contributed by atoms with E-state index in [1.54, 1.807) is 6.20 Å². The summed E-state index contributed by atoms with van der Waals surface area (Å²) in [6, 6.07) is 0. The average Bonchev–Trinajstić information content (AvgIpc) is 2.36. The maximum atomic E-state index is 5.85. The van der Waals surface area contributed by atoms with E-state index in [0.29, 0.717) is 5.92 Å². The van der Waals surface area contributed by atoms with Gasteiger partial charge in [-0.05, 0) is 18.6 Å². The third-order valence-electron chi connectivity index (χ3n) is 1.84. The van der Waals surface area contributed by atoms with Crippen LogP contribution in [-0.2, 0) is 6.54 Å². The molecule has 12 heavy (non-hydrogen) atoms. The van der Waals surface area contributed by atoms with Gasteiger partial charge in [-0.3, -0.25) is 4.68 Å². The van der Waals surface area contributed by atoms with Crippen molar-refractivity contribution < 1.29 is 0 Å². The van der Waals surface area contributed by atoms with Crippen LogP contribution in [0.15, 0.2) is 6.20 Å². The Morgan fingerprint density at radius 3 is 2.83 bits per heavy atom. The van der Waals surface area contributed by atoms with Crippen molar-refractivity contribution in [2.45, 2.75) is 20.4 Å². The number of hydrogen-bond acceptors (Lipinski definition) is 2. The van der Waals surface area contributed by atoms with Gasteiger partial charge < -0.3 is 0 Å². The maximum Gasteiger partial charge on any atom is 0.0814 e. The second-order valence-electron chi connectivity index (χ2n) is 3.05. The molecule has 0 spiro atoms. The first-order chi connectivity index (χ1) is 5.65. The molecule has 0 aliphatic rings. The predicted molar refractivity (Wildman–Crippen MR) is 55.0 cm³/mol. The Balaban J connectivity index is 2.69. The van der Waals surface area contributed by atoms with Gasteiger partial charge in [-0.1, -0.05) is 18.5 Å². The summed E-state index contributed by atoms with van der Waals surface area (Å²) in [5, 5.41) is 4.89. The summed E-state index contributed by atoms with van der Waals surface area (Å²) < 4.78 is 1.92. The first-order valence-corrected chi connectivity index (χ1v) is 4.95. The molecule has 0 N–H and O–H groups in total. The zero-order valence-corrected chi connectivity index (χ0v) is 8.94. The van der Waals surface area contributed by atoms with Crippen LogP contribution >= 0.6 is 24.2 Å². The van der Waals surface area contributed by atoms with E-state index in [0.717, 1.165) is 23.0 Å². The molecule has 1 atom stereocenters. The first kappa shape index (κ1) is 9.93. The van der Waals surface area contributed by atoms with Gasteiger partial charge in [-0.2, -0.15) is 17.7 Å². The second-order valence-corrected chi connectivity index (χ2v) is 3.82. The SMILES string of the molecule is Cc1c(Cl)cnn1CC(C)CS. The number of thiol groups is 1. The minimum Gasteiger partial charge on any atom is -0.268 e. The summed E-state index contributed by atoms with van der Waals surface area (Å²) in [5.41, 5.74) is 1.03. The van der Waals surface area contributed by atoms with Gasteiger partial charge in [0, 0.05) is 6.54 Å². The highest BCUT2D eigenvalue weighted by molar-refractivity contribution is 7.80. The van der Waals surface area contributed by atoms with Crippen molar-refractivity contribution in [3.8, 4) is 0 Å². The fraction of sp³-hybridized carbons (Fsp3) is 0.625. The summed E-state index contributed by atoms with van der Waals surface area (Å²) in [6.07, 6.45) is 1.68. The molecule has 0 aliphatic heterocycles. The highest BCUT2D eigenvalue weighted by Gasteiger charge is 2.06. The molecule has 0 bridgehead atoms. The third-order valence-corrected chi connectivity index (χ3v) is 2.83. The summed E-state index contributed by atoms with van der Waals surface area (Å²) >= 11 is 10.1. The highest BCUT2D eigenvalue weighted by atomic mass is 35.5. The predicted octanol–water partition coefficient (Wildman–Crippen LogP) is 2.41. The molecule has 1 unspecified atom stereocenters. The second kappa shape index (κ2) is 4.19. The van der Waals surface area contributed by atoms with Crippen LogP contribution < -0.4 is 0 Å². The molecule has 4 heteroatoms. The first-order valence-electron chi connectivity index (χ1n) is 3.94. The van der Waals surface area contributed by atoms with Crippen molar-refractivity contribution in [2.75, 3.05) is 5.75 Å². The fourth-order valence-electron chi connectivity index (χ4n) is 0.961. The molecule has 1 aromatic rings. The van der Waals surface area contributed by atoms with E-state index in [1.165, 1.54) is 0 Å². The Morgan fingerprint density at radius 2 is 2.42 bits per heavy atom. The number of aromatic nitrogens is 2. The van der Waals surface area contributed by atoms with Crippen LogP contribution in [0.2, 0.25) is 5.02 Å². The van der Waals surface area contributed by atoms with Gasteiger partial charge in [0.05, 0.1) is 16.9 Å². The minimum atomic E-state index is 0.531. The maximum absolute atomic E-state index is 5.85. The smallest absolute Gasteiger partial charge is 0.0814 e. The van der Waals surface area contributed by atoms with E-state index in [4.69, 9.17) is 11.6 Å². The minimum absolute atomic E-state index is 0.531. The Morgan fingerprint density at radius 1 is 1.75 bits per heavy atom. The molecule has 68 valence electrons. The highest BCUT2D eigenvalue weighted by Crippen LogP contribution is 2.14. The van der Waals surface area contributed by atoms with E-state index in [1.807, 2.05) is 11.6 Å². The van der Waals surface area contributed by atoms with Gasteiger partial charge in [0.25, 0.3) is 0 Å². The molecule has 0 amide bonds. The van der Waals surface area contributed by atoms with Gasteiger partial charge in [0.2, 0.25) is 0 Å². The summed E-state index contributed by atoms with van der Waals surface area (Å²) in [4.78, 5) is 0. The van der Waals surface area contributed by atoms with Crippen molar-refractivity contribution in [1.82, 2.24) is 9.78 Å². The molecule has 0 aromatic carbocycles. The zero-order valence-electron chi connectivity index (χ0n) is 7.29. The molecular weight excluding hydrogens is 192 g/mol. The van der Waals surface area contributed by atoms with Crippen LogP contribution in [0.25, 0.3) is 0 Å². The van der Waals surface area contributed by atoms with E-state index < -0.39 is 0 Å². The zero-order chi connectivity index (χ0) is 9.14. The van der Waals surface area contributed by atoms with Crippen LogP contribution in [0.3, 0.4) is 0 Å². The fourth-order valence-corrected chi connectivity index (χ4v) is 1.22. The van der Waals surface area contributed by atoms with Gasteiger partial charge in [0.15, 0.2) is 0 Å². The number of nitrogens with zero attached hydrogens (tertiary/aromatic N) is 2. The Bertz CT molecular complexity index is 260. The van der Waals surface area contributed by atoms with Gasteiger partial charge in [-0.15, -0.1) is 0 Å². The van der Waals surface area contributed by atoms with E-state index in [9.17, 15) is 0 Å². The Labute approximate surface area is 83.3 Å².